The summed E-state index contributed by atoms with van der Waals surface area (Å²) >= 11 is 6.25. The molecule has 2 aromatic rings. The lowest BCUT2D eigenvalue weighted by Gasteiger charge is -2.59. The van der Waals surface area contributed by atoms with Crippen LogP contribution in [0.1, 0.15) is 36.0 Å². The number of hydrogen-bond acceptors (Lipinski definition) is 6. The van der Waals surface area contributed by atoms with Gasteiger partial charge in [-0.25, -0.2) is 26.4 Å². The number of nitrogens with zero attached hydrogens (tertiary/aromatic N) is 2. The Morgan fingerprint density at radius 2 is 1.80 bits per heavy atom. The zero-order valence-electron chi connectivity index (χ0n) is 21.0. The molecule has 4 fully saturated rings. The number of ether oxygens (including phenoxy) is 1. The quantitative estimate of drug-likeness (QED) is 0.525. The lowest BCUT2D eigenvalue weighted by atomic mass is 9.68. The van der Waals surface area contributed by atoms with Crippen LogP contribution in [0.5, 0.6) is 0 Å². The lowest BCUT2D eigenvalue weighted by molar-refractivity contribution is -0.157. The second-order valence-electron chi connectivity index (χ2n) is 10.5. The van der Waals surface area contributed by atoms with Crippen molar-refractivity contribution in [3.8, 4) is 0 Å². The van der Waals surface area contributed by atoms with Crippen molar-refractivity contribution in [2.24, 2.45) is 5.41 Å². The van der Waals surface area contributed by atoms with Crippen molar-refractivity contribution in [3.63, 3.8) is 0 Å². The van der Waals surface area contributed by atoms with Crippen molar-refractivity contribution in [2.45, 2.75) is 54.0 Å². The number of amides is 3. The highest BCUT2D eigenvalue weighted by molar-refractivity contribution is 7.92. The number of anilines is 1. The van der Waals surface area contributed by atoms with E-state index in [9.17, 15) is 36.0 Å². The van der Waals surface area contributed by atoms with Gasteiger partial charge in [-0.15, -0.1) is 0 Å². The van der Waals surface area contributed by atoms with E-state index in [4.69, 9.17) is 16.3 Å². The Hall–Kier alpha value is -3.32. The molecule has 2 saturated carbocycles. The van der Waals surface area contributed by atoms with E-state index in [0.29, 0.717) is 37.9 Å². The Balaban J connectivity index is 1.19. The van der Waals surface area contributed by atoms with Gasteiger partial charge in [0.2, 0.25) is 5.91 Å². The SMILES string of the molecule is COC(=O)N1CCC[C@H]1C(=O)N1C2CC(S(=O)(=O)c3cc(C(=O)Nc4cc(F)c(F)c(F)c4)ccc3Cl)C23CC13. The summed E-state index contributed by atoms with van der Waals surface area (Å²) in [6, 6.07) is 3.65. The molecule has 4 unspecified atom stereocenters. The van der Waals surface area contributed by atoms with Crippen LogP contribution in [0.25, 0.3) is 0 Å². The standard InChI is InChI=1S/C26H23ClF3N3O6S/c1-39-25(36)32-6-2-3-17(32)24(35)33-19-10-21(26(19)11-20(26)33)40(37,38)18-7-12(4-5-14(18)27)23(34)31-13-8-15(28)22(30)16(29)9-13/h4-5,7-9,17,19-21H,2-3,6,10-11H2,1H3,(H,31,34)/t17-,19?,20?,21?,26?/m0/s1. The highest BCUT2D eigenvalue weighted by Crippen LogP contribution is 2.75. The van der Waals surface area contributed by atoms with Gasteiger partial charge in [0, 0.05) is 47.4 Å². The van der Waals surface area contributed by atoms with Gasteiger partial charge < -0.3 is 15.0 Å². The van der Waals surface area contributed by atoms with Crippen LogP contribution in [0.4, 0.5) is 23.7 Å². The molecule has 0 bridgehead atoms. The largest absolute Gasteiger partial charge is 0.453 e. The average Bonchev–Trinajstić information content (AvgIpc) is 3.42. The zero-order chi connectivity index (χ0) is 28.7. The Morgan fingerprint density at radius 3 is 2.45 bits per heavy atom. The highest BCUT2D eigenvalue weighted by atomic mass is 35.5. The van der Waals surface area contributed by atoms with Crippen LogP contribution in [-0.2, 0) is 19.4 Å². The molecule has 14 heteroatoms. The van der Waals surface area contributed by atoms with Crippen molar-refractivity contribution < 1.29 is 40.7 Å². The number of piperidine rings is 1. The fourth-order valence-electron chi connectivity index (χ4n) is 6.64. The number of benzene rings is 2. The van der Waals surface area contributed by atoms with Crippen LogP contribution in [0.2, 0.25) is 5.02 Å². The van der Waals surface area contributed by atoms with Crippen LogP contribution in [-0.4, -0.2) is 73.2 Å². The topological polar surface area (TPSA) is 113 Å². The summed E-state index contributed by atoms with van der Waals surface area (Å²) in [4.78, 5) is 40.9. The molecule has 2 aliphatic carbocycles. The van der Waals surface area contributed by atoms with Crippen molar-refractivity contribution >= 4 is 45.0 Å². The van der Waals surface area contributed by atoms with E-state index in [-0.39, 0.29) is 45.6 Å². The third-order valence-electron chi connectivity index (χ3n) is 8.65. The maximum atomic E-state index is 13.7. The van der Waals surface area contributed by atoms with Crippen LogP contribution in [0.15, 0.2) is 35.2 Å². The maximum Gasteiger partial charge on any atom is 0.410 e. The van der Waals surface area contributed by atoms with Crippen molar-refractivity contribution in [2.75, 3.05) is 19.0 Å². The second-order valence-corrected chi connectivity index (χ2v) is 13.0. The Kier molecular flexibility index (Phi) is 6.11. The molecule has 4 aliphatic rings. The molecule has 2 aliphatic heterocycles. The van der Waals surface area contributed by atoms with Gasteiger partial charge in [0.25, 0.3) is 5.91 Å². The highest BCUT2D eigenvalue weighted by Gasteiger charge is 2.85. The first-order valence-corrected chi connectivity index (χ1v) is 14.5. The van der Waals surface area contributed by atoms with Gasteiger partial charge in [0.05, 0.1) is 22.3 Å². The third-order valence-corrected chi connectivity index (χ3v) is 11.4. The van der Waals surface area contributed by atoms with Gasteiger partial charge in [0.1, 0.15) is 6.04 Å². The summed E-state index contributed by atoms with van der Waals surface area (Å²) in [7, 11) is -2.77. The lowest BCUT2D eigenvalue weighted by Crippen LogP contribution is -2.73. The minimum absolute atomic E-state index is 0.0978. The molecule has 5 atom stereocenters. The van der Waals surface area contributed by atoms with Gasteiger partial charge in [-0.05, 0) is 43.9 Å². The molecule has 212 valence electrons. The number of rotatable bonds is 5. The predicted octanol–water partition coefficient (Wildman–Crippen LogP) is 3.76. The molecule has 3 amide bonds. The van der Waals surface area contributed by atoms with E-state index in [2.05, 4.69) is 5.32 Å². The van der Waals surface area contributed by atoms with Gasteiger partial charge in [-0.3, -0.25) is 14.5 Å². The molecule has 9 nitrogen and oxygen atoms in total. The Labute approximate surface area is 232 Å². The van der Waals surface area contributed by atoms with E-state index < -0.39 is 56.0 Å². The summed E-state index contributed by atoms with van der Waals surface area (Å²) in [5.41, 5.74) is -1.08. The number of carbonyl (C=O) groups is 3. The molecular weight excluding hydrogens is 575 g/mol. The average molecular weight is 598 g/mol. The number of sulfone groups is 1. The molecule has 2 heterocycles. The summed E-state index contributed by atoms with van der Waals surface area (Å²) in [5, 5.41) is 1.31. The zero-order valence-corrected chi connectivity index (χ0v) is 22.6. The summed E-state index contributed by atoms with van der Waals surface area (Å²) in [6.45, 7) is 0.419. The Bertz CT molecular complexity index is 1570. The predicted molar refractivity (Wildman–Crippen MR) is 135 cm³/mol. The van der Waals surface area contributed by atoms with Crippen LogP contribution >= 0.6 is 11.6 Å². The number of likely N-dealkylation sites (tertiary alicyclic amines) is 2. The first-order valence-electron chi connectivity index (χ1n) is 12.6. The molecule has 1 N–H and O–H groups in total. The molecule has 2 saturated heterocycles. The number of nitrogens with one attached hydrogen (secondary N) is 1. The van der Waals surface area contributed by atoms with Gasteiger partial charge in [0.15, 0.2) is 27.3 Å². The number of methoxy groups -OCH3 is 1. The summed E-state index contributed by atoms with van der Waals surface area (Å²) in [5.74, 6) is -5.75. The Morgan fingerprint density at radius 1 is 1.10 bits per heavy atom. The molecule has 0 radical (unpaired) electrons. The molecule has 6 rings (SSSR count). The summed E-state index contributed by atoms with van der Waals surface area (Å²) < 4.78 is 72.5. The first kappa shape index (κ1) is 26.9. The van der Waals surface area contributed by atoms with E-state index in [0.717, 1.165) is 6.07 Å². The van der Waals surface area contributed by atoms with Crippen molar-refractivity contribution in [1.29, 1.82) is 0 Å². The normalized spacial score (nSPS) is 28.1. The van der Waals surface area contributed by atoms with Crippen LogP contribution in [0, 0.1) is 22.9 Å². The number of carbonyl (C=O) groups excluding carboxylic acids is 3. The molecular formula is C26H23ClF3N3O6S. The van der Waals surface area contributed by atoms with Gasteiger partial charge >= 0.3 is 6.09 Å². The van der Waals surface area contributed by atoms with Gasteiger partial charge in [-0.2, -0.15) is 0 Å². The minimum Gasteiger partial charge on any atom is -0.453 e. The molecule has 40 heavy (non-hydrogen) atoms. The summed E-state index contributed by atoms with van der Waals surface area (Å²) in [6.07, 6.45) is 1.32. The monoisotopic (exact) mass is 597 g/mol. The van der Waals surface area contributed by atoms with E-state index in [1.54, 1.807) is 4.90 Å². The number of hydrogen-bond donors (Lipinski definition) is 1. The van der Waals surface area contributed by atoms with Gasteiger partial charge in [-0.1, -0.05) is 11.6 Å². The smallest absolute Gasteiger partial charge is 0.410 e. The molecule has 1 spiro atoms. The first-order chi connectivity index (χ1) is 18.9. The number of halogens is 4. The van der Waals surface area contributed by atoms with Crippen molar-refractivity contribution in [3.05, 3.63) is 58.4 Å². The maximum absolute atomic E-state index is 13.7. The fraction of sp³-hybridized carbons (Fsp3) is 0.423. The van der Waals surface area contributed by atoms with Crippen LogP contribution < -0.4 is 5.32 Å². The van der Waals surface area contributed by atoms with E-state index >= 15 is 0 Å². The van der Waals surface area contributed by atoms with E-state index in [1.165, 1.54) is 24.1 Å². The minimum atomic E-state index is -4.03. The third kappa shape index (κ3) is 3.73. The van der Waals surface area contributed by atoms with Crippen molar-refractivity contribution in [1.82, 2.24) is 9.80 Å². The molecule has 2 aromatic carbocycles. The fourth-order valence-corrected chi connectivity index (χ4v) is 9.44. The second kappa shape index (κ2) is 9.10. The van der Waals surface area contributed by atoms with E-state index in [1.807, 2.05) is 0 Å². The molecule has 0 aromatic heterocycles. The van der Waals surface area contributed by atoms with Crippen LogP contribution in [0.3, 0.4) is 0 Å².